The van der Waals surface area contributed by atoms with Gasteiger partial charge in [0.2, 0.25) is 0 Å². The van der Waals surface area contributed by atoms with Crippen LogP contribution in [0.5, 0.6) is 0 Å². The summed E-state index contributed by atoms with van der Waals surface area (Å²) < 4.78 is 24.7. The number of hydrogen-bond donors (Lipinski definition) is 0. The third-order valence-electron chi connectivity index (χ3n) is 2.70. The van der Waals surface area contributed by atoms with Gasteiger partial charge in [0, 0.05) is 19.6 Å². The lowest BCUT2D eigenvalue weighted by Crippen LogP contribution is -2.19. The minimum absolute atomic E-state index is 0.267. The minimum Gasteiger partial charge on any atom is -0.750 e. The third kappa shape index (κ3) is 3.12. The number of nitrogens with zero attached hydrogens (tertiary/aromatic N) is 1. The molecule has 1 aliphatic heterocycles. The lowest BCUT2D eigenvalue weighted by molar-refractivity contribution is 0.236. The molecule has 0 amide bonds. The molecular formula is C11H14NO3S-. The maximum atomic E-state index is 10.1. The average Bonchev–Trinajstić information content (AvgIpc) is 2.66. The lowest BCUT2D eigenvalue weighted by atomic mass is 10.1. The van der Waals surface area contributed by atoms with Crippen molar-refractivity contribution in [1.29, 1.82) is 0 Å². The Kier molecular flexibility index (Phi) is 4.06. The Morgan fingerprint density at radius 1 is 1.31 bits per heavy atom. The van der Waals surface area contributed by atoms with Gasteiger partial charge >= 0.3 is 0 Å². The molecular weight excluding hydrogens is 226 g/mol. The molecule has 16 heavy (non-hydrogen) atoms. The second-order valence-electron chi connectivity index (χ2n) is 3.86. The molecule has 1 aromatic rings. The summed E-state index contributed by atoms with van der Waals surface area (Å²) in [7, 11) is 0. The highest BCUT2D eigenvalue weighted by atomic mass is 32.2. The first-order valence-corrected chi connectivity index (χ1v) is 6.27. The van der Waals surface area contributed by atoms with Crippen molar-refractivity contribution in [3.05, 3.63) is 35.4 Å². The van der Waals surface area contributed by atoms with Crippen LogP contribution in [0.3, 0.4) is 0 Å². The van der Waals surface area contributed by atoms with Crippen LogP contribution < -0.4 is 0 Å². The molecule has 0 aromatic heterocycles. The molecule has 5 heteroatoms. The summed E-state index contributed by atoms with van der Waals surface area (Å²) in [6.07, 6.45) is 0.738. The second kappa shape index (κ2) is 5.54. The summed E-state index contributed by atoms with van der Waals surface area (Å²) in [5.41, 5.74) is 2.74. The lowest BCUT2D eigenvalue weighted by Gasteiger charge is -2.14. The molecule has 1 unspecified atom stereocenters. The summed E-state index contributed by atoms with van der Waals surface area (Å²) in [6, 6.07) is 8.37. The summed E-state index contributed by atoms with van der Waals surface area (Å²) >= 11 is -2.38. The van der Waals surface area contributed by atoms with Crippen LogP contribution in [0.15, 0.2) is 24.3 Å². The molecule has 1 heterocycles. The zero-order valence-corrected chi connectivity index (χ0v) is 9.74. The van der Waals surface area contributed by atoms with E-state index in [2.05, 4.69) is 21.2 Å². The first-order chi connectivity index (χ1) is 7.75. The molecule has 0 spiro atoms. The molecule has 4 nitrogen and oxygen atoms in total. The number of rotatable bonds is 5. The van der Waals surface area contributed by atoms with Crippen molar-refractivity contribution >= 4 is 11.4 Å². The van der Waals surface area contributed by atoms with Gasteiger partial charge in [0.05, 0.1) is 18.0 Å². The van der Waals surface area contributed by atoms with Crippen LogP contribution in [-0.4, -0.2) is 26.8 Å². The number of benzene rings is 1. The van der Waals surface area contributed by atoms with Crippen LogP contribution in [0.25, 0.3) is 0 Å². The van der Waals surface area contributed by atoms with E-state index in [1.165, 1.54) is 11.1 Å². The predicted molar refractivity (Wildman–Crippen MR) is 60.0 cm³/mol. The van der Waals surface area contributed by atoms with Gasteiger partial charge in [-0.1, -0.05) is 24.3 Å². The number of hydrogen-bond acceptors (Lipinski definition) is 4. The normalized spacial score (nSPS) is 17.3. The van der Waals surface area contributed by atoms with Crippen molar-refractivity contribution < 1.29 is 12.9 Å². The Hall–Kier alpha value is -0.750. The molecule has 0 N–H and O–H groups in total. The van der Waals surface area contributed by atoms with E-state index in [1.807, 2.05) is 12.1 Å². The van der Waals surface area contributed by atoms with Gasteiger partial charge in [-0.05, 0) is 17.5 Å². The van der Waals surface area contributed by atoms with E-state index in [4.69, 9.17) is 0 Å². The zero-order chi connectivity index (χ0) is 11.4. The quantitative estimate of drug-likeness (QED) is 0.573. The maximum absolute atomic E-state index is 10.1. The Morgan fingerprint density at radius 2 is 1.94 bits per heavy atom. The van der Waals surface area contributed by atoms with Gasteiger partial charge in [0.25, 0.3) is 0 Å². The van der Waals surface area contributed by atoms with E-state index in [0.29, 0.717) is 0 Å². The van der Waals surface area contributed by atoms with Crippen LogP contribution >= 0.6 is 0 Å². The molecule has 88 valence electrons. The van der Waals surface area contributed by atoms with Crippen molar-refractivity contribution in [2.45, 2.75) is 19.5 Å². The van der Waals surface area contributed by atoms with Gasteiger partial charge in [-0.3, -0.25) is 4.90 Å². The van der Waals surface area contributed by atoms with Crippen molar-refractivity contribution in [3.8, 4) is 0 Å². The molecule has 2 rings (SSSR count). The van der Waals surface area contributed by atoms with Crippen LogP contribution in [-0.2, 0) is 28.6 Å². The Labute approximate surface area is 97.7 Å². The Bertz CT molecular complexity index is 358. The van der Waals surface area contributed by atoms with E-state index < -0.39 is 11.4 Å². The van der Waals surface area contributed by atoms with Crippen molar-refractivity contribution in [2.75, 3.05) is 13.2 Å². The molecule has 0 fully saturated rings. The highest BCUT2D eigenvalue weighted by Gasteiger charge is 2.16. The van der Waals surface area contributed by atoms with Gasteiger partial charge in [0.1, 0.15) is 0 Å². The Morgan fingerprint density at radius 3 is 2.50 bits per heavy atom. The maximum Gasteiger partial charge on any atom is 0.0842 e. The van der Waals surface area contributed by atoms with E-state index in [1.54, 1.807) is 0 Å². The van der Waals surface area contributed by atoms with Crippen LogP contribution in [0.1, 0.15) is 17.5 Å². The summed E-state index contributed by atoms with van der Waals surface area (Å²) in [6.45, 7) is 3.04. The first-order valence-electron chi connectivity index (χ1n) is 5.27. The summed E-state index contributed by atoms with van der Waals surface area (Å²) in [4.78, 5) is 2.29. The first kappa shape index (κ1) is 11.7. The molecule has 0 saturated carbocycles. The fourth-order valence-electron chi connectivity index (χ4n) is 1.98. The summed E-state index contributed by atoms with van der Waals surface area (Å²) in [5, 5.41) is 0. The summed E-state index contributed by atoms with van der Waals surface area (Å²) in [5.74, 6) is 0. The van der Waals surface area contributed by atoms with Gasteiger partial charge in [-0.15, -0.1) is 0 Å². The largest absolute Gasteiger partial charge is 0.750 e. The smallest absolute Gasteiger partial charge is 0.0842 e. The molecule has 0 saturated heterocycles. The van der Waals surface area contributed by atoms with Gasteiger partial charge in [-0.25, -0.2) is 4.21 Å². The van der Waals surface area contributed by atoms with Gasteiger partial charge in [-0.2, -0.15) is 0 Å². The van der Waals surface area contributed by atoms with E-state index in [-0.39, 0.29) is 6.61 Å². The molecule has 1 aliphatic rings. The van der Waals surface area contributed by atoms with Crippen molar-refractivity contribution in [3.63, 3.8) is 0 Å². The zero-order valence-electron chi connectivity index (χ0n) is 8.93. The topological polar surface area (TPSA) is 52.6 Å². The molecule has 0 bridgehead atoms. The van der Waals surface area contributed by atoms with Crippen LogP contribution in [0, 0.1) is 0 Å². The standard InChI is InChI=1S/C11H15NO3S/c13-16(14)15-7-3-6-12-8-10-4-1-2-5-11(10)9-12/h1-2,4-5H,3,6-9H2,(H,13,14)/p-1. The predicted octanol–water partition coefficient (Wildman–Crippen LogP) is 1.20. The SMILES string of the molecule is O=S([O-])OCCCN1Cc2ccccc2C1. The van der Waals surface area contributed by atoms with Gasteiger partial charge < -0.3 is 8.74 Å². The van der Waals surface area contributed by atoms with Gasteiger partial charge in [0.15, 0.2) is 0 Å². The number of fused-ring (bicyclic) bond motifs is 1. The highest BCUT2D eigenvalue weighted by Crippen LogP contribution is 2.21. The molecule has 1 atom stereocenters. The Balaban J connectivity index is 1.73. The molecule has 0 aliphatic carbocycles. The average molecular weight is 240 g/mol. The van der Waals surface area contributed by atoms with Crippen molar-refractivity contribution in [2.24, 2.45) is 0 Å². The minimum atomic E-state index is -2.38. The van der Waals surface area contributed by atoms with Crippen LogP contribution in [0.2, 0.25) is 0 Å². The second-order valence-corrected chi connectivity index (χ2v) is 4.50. The fourth-order valence-corrected chi connectivity index (χ4v) is 2.23. The van der Waals surface area contributed by atoms with Crippen LogP contribution in [0.4, 0.5) is 0 Å². The van der Waals surface area contributed by atoms with E-state index in [9.17, 15) is 8.76 Å². The van der Waals surface area contributed by atoms with E-state index in [0.717, 1.165) is 26.1 Å². The third-order valence-corrected chi connectivity index (χ3v) is 3.06. The van der Waals surface area contributed by atoms with E-state index >= 15 is 0 Å². The van der Waals surface area contributed by atoms with Crippen molar-refractivity contribution in [1.82, 2.24) is 4.90 Å². The highest BCUT2D eigenvalue weighted by molar-refractivity contribution is 7.74. The monoisotopic (exact) mass is 240 g/mol. The molecule has 1 aromatic carbocycles. The molecule has 0 radical (unpaired) electrons. The fraction of sp³-hybridized carbons (Fsp3) is 0.455.